The summed E-state index contributed by atoms with van der Waals surface area (Å²) in [5, 5.41) is 18.5. The first-order valence-electron chi connectivity index (χ1n) is 2.59. The lowest BCUT2D eigenvalue weighted by Crippen LogP contribution is -1.83. The Labute approximate surface area is 68.2 Å². The molecule has 0 saturated carbocycles. The topological polar surface area (TPSA) is 45.4 Å². The quantitative estimate of drug-likeness (QED) is 0.471. The Morgan fingerprint density at radius 1 is 1.40 bits per heavy atom. The summed E-state index contributed by atoms with van der Waals surface area (Å²) in [4.78, 5) is 0. The van der Waals surface area contributed by atoms with Gasteiger partial charge in [-0.25, -0.2) is 3.97 Å². The van der Waals surface area contributed by atoms with Crippen LogP contribution in [0.5, 0.6) is 11.8 Å². The van der Waals surface area contributed by atoms with Crippen LogP contribution in [0.15, 0.2) is 12.1 Å². The van der Waals surface area contributed by atoms with Crippen molar-refractivity contribution in [2.24, 2.45) is 0 Å². The van der Waals surface area contributed by atoms with Gasteiger partial charge in [0.15, 0.2) is 0 Å². The second-order valence-corrected chi connectivity index (χ2v) is 3.26. The molecule has 0 aliphatic carbocycles. The van der Waals surface area contributed by atoms with Gasteiger partial charge in [-0.05, 0) is 11.9 Å². The molecule has 0 amide bonds. The van der Waals surface area contributed by atoms with E-state index in [-0.39, 0.29) is 11.8 Å². The van der Waals surface area contributed by atoms with Gasteiger partial charge in [-0.2, -0.15) is 12.6 Å². The molecular weight excluding hydrogens is 170 g/mol. The Hall–Kier alpha value is -0.420. The molecule has 0 aromatic carbocycles. The highest BCUT2D eigenvalue weighted by molar-refractivity contribution is 8.08. The van der Waals surface area contributed by atoms with Crippen molar-refractivity contribution >= 4 is 24.6 Å². The molecule has 0 aliphatic heterocycles. The van der Waals surface area contributed by atoms with Crippen LogP contribution in [-0.2, 0) is 0 Å². The van der Waals surface area contributed by atoms with Crippen LogP contribution in [0.1, 0.15) is 0 Å². The number of nitrogens with zero attached hydrogens (tertiary/aromatic N) is 1. The van der Waals surface area contributed by atoms with E-state index in [2.05, 4.69) is 12.6 Å². The number of thiol groups is 1. The third kappa shape index (κ3) is 1.35. The minimum atomic E-state index is 0.0385. The first-order valence-corrected chi connectivity index (χ1v) is 4.17. The van der Waals surface area contributed by atoms with Crippen molar-refractivity contribution in [1.82, 2.24) is 3.97 Å². The molecule has 0 saturated heterocycles. The molecule has 10 heavy (non-hydrogen) atoms. The monoisotopic (exact) mass is 177 g/mol. The molecular formula is C5H7NO2S2. The second-order valence-electron chi connectivity index (χ2n) is 1.60. The maximum Gasteiger partial charge on any atom is 0.204 e. The van der Waals surface area contributed by atoms with Gasteiger partial charge < -0.3 is 10.2 Å². The zero-order valence-electron chi connectivity index (χ0n) is 5.06. The molecule has 56 valence electrons. The van der Waals surface area contributed by atoms with Crippen molar-refractivity contribution < 1.29 is 10.2 Å². The molecule has 1 aromatic heterocycles. The first kappa shape index (κ1) is 7.68. The molecule has 1 rings (SSSR count). The minimum absolute atomic E-state index is 0.0385. The summed E-state index contributed by atoms with van der Waals surface area (Å²) >= 11 is 5.14. The Morgan fingerprint density at radius 2 is 1.90 bits per heavy atom. The number of aromatic nitrogens is 1. The van der Waals surface area contributed by atoms with Crippen LogP contribution in [0.25, 0.3) is 0 Å². The van der Waals surface area contributed by atoms with Crippen LogP contribution in [0, 0.1) is 0 Å². The summed E-state index contributed by atoms with van der Waals surface area (Å²) in [7, 11) is 0. The zero-order chi connectivity index (χ0) is 7.56. The van der Waals surface area contributed by atoms with E-state index < -0.39 is 0 Å². The molecule has 0 bridgehead atoms. The molecule has 0 aliphatic rings. The lowest BCUT2D eigenvalue weighted by molar-refractivity contribution is 0.416. The standard InChI is InChI=1S/C5H7NO2S2/c7-4-1-2-5(8)6(4)10-3-9/h1-2,7-9H,3H2. The van der Waals surface area contributed by atoms with Crippen LogP contribution in [-0.4, -0.2) is 19.3 Å². The molecule has 1 heterocycles. The van der Waals surface area contributed by atoms with Crippen LogP contribution >= 0.6 is 24.6 Å². The Balaban J connectivity index is 2.87. The van der Waals surface area contributed by atoms with Gasteiger partial charge >= 0.3 is 0 Å². The van der Waals surface area contributed by atoms with Gasteiger partial charge in [0.2, 0.25) is 11.8 Å². The van der Waals surface area contributed by atoms with Crippen molar-refractivity contribution in [3.8, 4) is 11.8 Å². The number of hydrogen-bond acceptors (Lipinski definition) is 4. The molecule has 3 nitrogen and oxygen atoms in total. The van der Waals surface area contributed by atoms with Crippen molar-refractivity contribution in [3.63, 3.8) is 0 Å². The third-order valence-electron chi connectivity index (χ3n) is 0.984. The summed E-state index contributed by atoms with van der Waals surface area (Å²) in [5.74, 6) is 0.0769. The fourth-order valence-electron chi connectivity index (χ4n) is 0.592. The molecule has 0 unspecified atom stereocenters. The van der Waals surface area contributed by atoms with Gasteiger partial charge in [-0.15, -0.1) is 0 Å². The maximum atomic E-state index is 9.01. The fourth-order valence-corrected chi connectivity index (χ4v) is 1.44. The van der Waals surface area contributed by atoms with Gasteiger partial charge in [0, 0.05) is 12.1 Å². The van der Waals surface area contributed by atoms with E-state index in [9.17, 15) is 0 Å². The first-order chi connectivity index (χ1) is 4.75. The van der Waals surface area contributed by atoms with Gasteiger partial charge in [-0.1, -0.05) is 0 Å². The summed E-state index contributed by atoms with van der Waals surface area (Å²) in [6.45, 7) is 0. The molecule has 0 atom stereocenters. The highest BCUT2D eigenvalue weighted by atomic mass is 32.2. The second kappa shape index (κ2) is 3.12. The average Bonchev–Trinajstić information content (AvgIpc) is 2.20. The van der Waals surface area contributed by atoms with E-state index in [0.717, 1.165) is 0 Å². The highest BCUT2D eigenvalue weighted by Gasteiger charge is 2.03. The van der Waals surface area contributed by atoms with E-state index in [1.54, 1.807) is 0 Å². The van der Waals surface area contributed by atoms with Crippen molar-refractivity contribution in [2.75, 3.05) is 5.08 Å². The largest absolute Gasteiger partial charge is 0.494 e. The molecule has 2 N–H and O–H groups in total. The smallest absolute Gasteiger partial charge is 0.204 e. The molecule has 1 aromatic rings. The molecule has 0 radical (unpaired) electrons. The van der Waals surface area contributed by atoms with Crippen LogP contribution in [0.4, 0.5) is 0 Å². The highest BCUT2D eigenvalue weighted by Crippen LogP contribution is 2.27. The zero-order valence-corrected chi connectivity index (χ0v) is 6.77. The number of rotatable bonds is 2. The van der Waals surface area contributed by atoms with Crippen molar-refractivity contribution in [1.29, 1.82) is 0 Å². The van der Waals surface area contributed by atoms with E-state index in [1.807, 2.05) is 0 Å². The summed E-state index contributed by atoms with van der Waals surface area (Å²) in [6, 6.07) is 2.84. The Bertz CT molecular complexity index is 204. The van der Waals surface area contributed by atoms with Crippen LogP contribution in [0.3, 0.4) is 0 Å². The summed E-state index contributed by atoms with van der Waals surface area (Å²) < 4.78 is 1.30. The summed E-state index contributed by atoms with van der Waals surface area (Å²) in [5.41, 5.74) is 0. The minimum Gasteiger partial charge on any atom is -0.494 e. The maximum absolute atomic E-state index is 9.01. The van der Waals surface area contributed by atoms with Crippen molar-refractivity contribution in [2.45, 2.75) is 0 Å². The average molecular weight is 177 g/mol. The van der Waals surface area contributed by atoms with Gasteiger partial charge in [0.25, 0.3) is 0 Å². The van der Waals surface area contributed by atoms with Crippen LogP contribution in [0.2, 0.25) is 0 Å². The fraction of sp³-hybridized carbons (Fsp3) is 0.200. The lowest BCUT2D eigenvalue weighted by Gasteiger charge is -2.00. The lowest BCUT2D eigenvalue weighted by atomic mass is 10.6. The van der Waals surface area contributed by atoms with Gasteiger partial charge in [0.1, 0.15) is 0 Å². The van der Waals surface area contributed by atoms with E-state index in [4.69, 9.17) is 10.2 Å². The molecule has 5 heteroatoms. The Kier molecular flexibility index (Phi) is 2.39. The number of hydrogen-bond donors (Lipinski definition) is 3. The van der Waals surface area contributed by atoms with Gasteiger partial charge in [0.05, 0.1) is 5.08 Å². The molecule has 0 fully saturated rings. The predicted molar refractivity (Wildman–Crippen MR) is 44.6 cm³/mol. The van der Waals surface area contributed by atoms with Gasteiger partial charge in [-0.3, -0.25) is 0 Å². The SMILES string of the molecule is Oc1ccc(O)n1SCS. The number of aromatic hydroxyl groups is 2. The Morgan fingerprint density at radius 3 is 2.30 bits per heavy atom. The normalized spacial score (nSPS) is 10.1. The third-order valence-corrected chi connectivity index (χ3v) is 2.08. The predicted octanol–water partition coefficient (Wildman–Crippen LogP) is 1.28. The summed E-state index contributed by atoms with van der Waals surface area (Å²) in [6.07, 6.45) is 0. The van der Waals surface area contributed by atoms with E-state index >= 15 is 0 Å². The van der Waals surface area contributed by atoms with Crippen molar-refractivity contribution in [3.05, 3.63) is 12.1 Å². The van der Waals surface area contributed by atoms with Crippen LogP contribution < -0.4 is 0 Å². The van der Waals surface area contributed by atoms with E-state index in [1.165, 1.54) is 28.1 Å². The molecule has 0 spiro atoms. The van der Waals surface area contributed by atoms with E-state index in [0.29, 0.717) is 5.08 Å².